The third kappa shape index (κ3) is 4.88. The van der Waals surface area contributed by atoms with Gasteiger partial charge in [0.2, 0.25) is 5.89 Å². The van der Waals surface area contributed by atoms with Crippen LogP contribution in [0.5, 0.6) is 5.75 Å². The Morgan fingerprint density at radius 1 is 1.16 bits per heavy atom. The molecule has 1 spiro atoms. The molecule has 1 aromatic heterocycles. The van der Waals surface area contributed by atoms with Crippen molar-refractivity contribution >= 4 is 17.6 Å². The summed E-state index contributed by atoms with van der Waals surface area (Å²) in [7, 11) is 0. The lowest BCUT2D eigenvalue weighted by molar-refractivity contribution is -0.133. The molecule has 2 saturated heterocycles. The molecule has 0 unspecified atom stereocenters. The van der Waals surface area contributed by atoms with Crippen LogP contribution in [0.3, 0.4) is 0 Å². The number of hydrogen-bond donors (Lipinski definition) is 0. The first-order valence-corrected chi connectivity index (χ1v) is 12.9. The number of nitrogens with zero attached hydrogens (tertiary/aromatic N) is 5. The summed E-state index contributed by atoms with van der Waals surface area (Å²) in [5, 5.41) is 3.77. The fraction of sp³-hybridized carbons (Fsp3) is 0.429. The summed E-state index contributed by atoms with van der Waals surface area (Å²) < 4.78 is 25.3. The zero-order valence-electron chi connectivity index (χ0n) is 22.1. The van der Waals surface area contributed by atoms with Crippen LogP contribution < -0.4 is 9.64 Å². The van der Waals surface area contributed by atoms with Gasteiger partial charge in [-0.25, -0.2) is 9.18 Å². The summed E-state index contributed by atoms with van der Waals surface area (Å²) in [4.78, 5) is 36.8. The van der Waals surface area contributed by atoms with E-state index >= 15 is 0 Å². The number of halogens is 1. The minimum Gasteiger partial charge on any atom is -0.491 e. The van der Waals surface area contributed by atoms with Crippen LogP contribution in [0.25, 0.3) is 0 Å². The second kappa shape index (κ2) is 10.2. The van der Waals surface area contributed by atoms with Crippen LogP contribution in [0.4, 0.5) is 14.9 Å². The van der Waals surface area contributed by atoms with E-state index in [0.29, 0.717) is 37.4 Å². The number of hydrogen-bond acceptors (Lipinski definition) is 7. The highest BCUT2D eigenvalue weighted by Crippen LogP contribution is 2.43. The second-order valence-corrected chi connectivity index (χ2v) is 10.3. The number of amides is 3. The van der Waals surface area contributed by atoms with Crippen molar-refractivity contribution in [1.29, 1.82) is 0 Å². The van der Waals surface area contributed by atoms with Gasteiger partial charge in [0.25, 0.3) is 5.91 Å². The molecule has 0 radical (unpaired) electrons. The van der Waals surface area contributed by atoms with E-state index in [-0.39, 0.29) is 30.5 Å². The van der Waals surface area contributed by atoms with E-state index in [4.69, 9.17) is 9.26 Å². The lowest BCUT2D eigenvalue weighted by Crippen LogP contribution is -2.59. The molecule has 2 fully saturated rings. The van der Waals surface area contributed by atoms with Crippen LogP contribution in [-0.4, -0.2) is 56.1 Å². The Labute approximate surface area is 221 Å². The number of imide groups is 1. The Bertz CT molecular complexity index is 1340. The molecule has 3 aromatic rings. The molecule has 10 heteroatoms. The zero-order chi connectivity index (χ0) is 27.0. The molecule has 0 saturated carbocycles. The molecule has 2 aliphatic rings. The summed E-state index contributed by atoms with van der Waals surface area (Å²) in [6.07, 6.45) is 0.882. The predicted octanol–water partition coefficient (Wildman–Crippen LogP) is 4.70. The summed E-state index contributed by atoms with van der Waals surface area (Å²) in [6.45, 7) is 8.84. The number of carbonyl (C=O) groups is 2. The molecule has 3 heterocycles. The van der Waals surface area contributed by atoms with E-state index in [0.717, 1.165) is 16.2 Å². The van der Waals surface area contributed by atoms with Crippen molar-refractivity contribution in [3.63, 3.8) is 0 Å². The van der Waals surface area contributed by atoms with Crippen molar-refractivity contribution in [3.05, 3.63) is 71.6 Å². The van der Waals surface area contributed by atoms with Crippen LogP contribution in [0, 0.1) is 12.7 Å². The molecule has 2 aromatic carbocycles. The van der Waals surface area contributed by atoms with Gasteiger partial charge in [0.15, 0.2) is 5.82 Å². The maximum atomic E-state index is 14.3. The highest BCUT2D eigenvalue weighted by Gasteiger charge is 2.60. The normalized spacial score (nSPS) is 22.2. The smallest absolute Gasteiger partial charge is 0.332 e. The first-order chi connectivity index (χ1) is 18.2. The number of anilines is 1. The van der Waals surface area contributed by atoms with Crippen LogP contribution in [0.1, 0.15) is 50.9 Å². The van der Waals surface area contributed by atoms with E-state index in [2.05, 4.69) is 28.0 Å². The van der Waals surface area contributed by atoms with E-state index in [1.165, 1.54) is 17.0 Å². The van der Waals surface area contributed by atoms with E-state index in [1.807, 2.05) is 32.0 Å². The van der Waals surface area contributed by atoms with E-state index in [9.17, 15) is 14.0 Å². The molecule has 0 bridgehead atoms. The minimum atomic E-state index is -1.14. The van der Waals surface area contributed by atoms with Gasteiger partial charge in [-0.3, -0.25) is 19.5 Å². The van der Waals surface area contributed by atoms with Crippen LogP contribution in [-0.2, 0) is 17.9 Å². The fourth-order valence-corrected chi connectivity index (χ4v) is 5.51. The zero-order valence-corrected chi connectivity index (χ0v) is 22.1. The van der Waals surface area contributed by atoms with Crippen molar-refractivity contribution in [1.82, 2.24) is 19.9 Å². The van der Waals surface area contributed by atoms with Crippen LogP contribution >= 0.6 is 0 Å². The van der Waals surface area contributed by atoms with Gasteiger partial charge in [-0.15, -0.1) is 0 Å². The highest BCUT2D eigenvalue weighted by atomic mass is 19.1. The molecular formula is C28H32FN5O4. The van der Waals surface area contributed by atoms with Gasteiger partial charge in [-0.1, -0.05) is 23.4 Å². The molecule has 0 N–H and O–H groups in total. The predicted molar refractivity (Wildman–Crippen MR) is 138 cm³/mol. The molecule has 9 nitrogen and oxygen atoms in total. The maximum Gasteiger partial charge on any atom is 0.332 e. The second-order valence-electron chi connectivity index (χ2n) is 10.3. The van der Waals surface area contributed by atoms with E-state index < -0.39 is 17.4 Å². The molecule has 3 amide bonds. The molecule has 5 rings (SSSR count). The number of urea groups is 1. The van der Waals surface area contributed by atoms with Crippen LogP contribution in [0.15, 0.2) is 53.1 Å². The van der Waals surface area contributed by atoms with Crippen molar-refractivity contribution in [3.8, 4) is 5.75 Å². The molecule has 2 atom stereocenters. The topological polar surface area (TPSA) is 92.0 Å². The Balaban J connectivity index is 1.42. The van der Waals surface area contributed by atoms with Gasteiger partial charge in [-0.05, 0) is 76.4 Å². The van der Waals surface area contributed by atoms with Crippen molar-refractivity contribution in [2.75, 3.05) is 11.4 Å². The number of ether oxygens (including phenoxy) is 1. The molecule has 200 valence electrons. The molecule has 0 aliphatic carbocycles. The standard InChI is InChI=1S/C28H32FN5O4/c1-18(2)37-24-10-5-7-21(13-24)16-32-12-11-28(15-19(32)3)26(35)33(17-25-30-20(4)31-38-25)27(36)34(28)23-9-6-8-22(29)14-23/h5-10,13-14,18-19H,11-12,15-17H2,1-4H3/t19-,28+/m0/s1. The van der Waals surface area contributed by atoms with Crippen molar-refractivity contribution in [2.24, 2.45) is 0 Å². The quantitative estimate of drug-likeness (QED) is 0.416. The lowest BCUT2D eigenvalue weighted by Gasteiger charge is -2.45. The number of benzene rings is 2. The number of likely N-dealkylation sites (tertiary alicyclic amines) is 1. The largest absolute Gasteiger partial charge is 0.491 e. The summed E-state index contributed by atoms with van der Waals surface area (Å²) in [6, 6.07) is 13.3. The number of piperidine rings is 1. The highest BCUT2D eigenvalue weighted by molar-refractivity contribution is 6.16. The van der Waals surface area contributed by atoms with E-state index in [1.54, 1.807) is 19.1 Å². The first kappa shape index (κ1) is 25.8. The minimum absolute atomic E-state index is 0.0307. The average molecular weight is 522 g/mol. The number of carbonyl (C=O) groups excluding carboxylic acids is 2. The van der Waals surface area contributed by atoms with Crippen molar-refractivity contribution in [2.45, 2.75) is 71.3 Å². The van der Waals surface area contributed by atoms with Gasteiger partial charge in [0.1, 0.15) is 23.7 Å². The summed E-state index contributed by atoms with van der Waals surface area (Å²) >= 11 is 0. The SMILES string of the molecule is Cc1noc(CN2C(=O)N(c3cccc(F)c3)[C@@]3(CCN(Cc4cccc(OC(C)C)c4)[C@@H](C)C3)C2=O)n1. The number of rotatable bonds is 7. The molecule has 2 aliphatic heterocycles. The Morgan fingerprint density at radius 2 is 1.95 bits per heavy atom. The molecular weight excluding hydrogens is 489 g/mol. The van der Waals surface area contributed by atoms with Gasteiger partial charge < -0.3 is 9.26 Å². The van der Waals surface area contributed by atoms with Crippen molar-refractivity contribution < 1.29 is 23.2 Å². The maximum absolute atomic E-state index is 14.3. The van der Waals surface area contributed by atoms with Gasteiger partial charge in [0.05, 0.1) is 6.10 Å². The lowest BCUT2D eigenvalue weighted by atomic mass is 9.81. The fourth-order valence-electron chi connectivity index (χ4n) is 5.51. The Kier molecular flexibility index (Phi) is 6.92. The van der Waals surface area contributed by atoms with Crippen LogP contribution in [0.2, 0.25) is 0 Å². The molecule has 38 heavy (non-hydrogen) atoms. The average Bonchev–Trinajstić information content (AvgIpc) is 3.35. The number of aryl methyl sites for hydroxylation is 1. The Hall–Kier alpha value is -3.79. The summed E-state index contributed by atoms with van der Waals surface area (Å²) in [5.74, 6) is 0.605. The Morgan fingerprint density at radius 3 is 2.63 bits per heavy atom. The van der Waals surface area contributed by atoms with Gasteiger partial charge in [0, 0.05) is 24.8 Å². The van der Waals surface area contributed by atoms with Gasteiger partial charge >= 0.3 is 6.03 Å². The number of aromatic nitrogens is 2. The first-order valence-electron chi connectivity index (χ1n) is 12.9. The third-order valence-electron chi connectivity index (χ3n) is 7.15. The third-order valence-corrected chi connectivity index (χ3v) is 7.15. The monoisotopic (exact) mass is 521 g/mol. The van der Waals surface area contributed by atoms with Gasteiger partial charge in [-0.2, -0.15) is 4.98 Å². The summed E-state index contributed by atoms with van der Waals surface area (Å²) in [5.41, 5.74) is 0.320.